The van der Waals surface area contributed by atoms with Crippen molar-refractivity contribution in [3.05, 3.63) is 36.5 Å². The predicted octanol–water partition coefficient (Wildman–Crippen LogP) is 7.80. The molecular formula is C52H94O14. The molecule has 0 spiro atoms. The molecule has 0 bridgehead atoms. The molecule has 0 aliphatic carbocycles. The second-order valence-corrected chi connectivity index (χ2v) is 18.3. The van der Waals surface area contributed by atoms with Crippen LogP contribution in [0.25, 0.3) is 0 Å². The molecule has 66 heavy (non-hydrogen) atoms. The largest absolute Gasteiger partial charge is 0.457 e. The van der Waals surface area contributed by atoms with E-state index < -0.39 is 80.7 Å². The van der Waals surface area contributed by atoms with Crippen LogP contribution >= 0.6 is 0 Å². The van der Waals surface area contributed by atoms with Gasteiger partial charge in [0.25, 0.3) is 0 Å². The summed E-state index contributed by atoms with van der Waals surface area (Å²) in [5.41, 5.74) is 0. The molecule has 0 aromatic heterocycles. The maximum atomic E-state index is 13.0. The van der Waals surface area contributed by atoms with E-state index in [0.717, 1.165) is 64.2 Å². The van der Waals surface area contributed by atoms with Crippen LogP contribution in [0.1, 0.15) is 187 Å². The molecule has 2 saturated heterocycles. The van der Waals surface area contributed by atoms with Gasteiger partial charge in [0.15, 0.2) is 12.6 Å². The fraction of sp³-hybridized carbons (Fsp3) is 0.865. The Labute approximate surface area is 398 Å². The number of aliphatic hydroxyl groups is 7. The molecule has 0 saturated carbocycles. The third-order valence-corrected chi connectivity index (χ3v) is 12.4. The number of carbonyl (C=O) groups excluding carboxylic acids is 1. The zero-order valence-electron chi connectivity index (χ0n) is 40.9. The Morgan fingerprint density at radius 2 is 0.939 bits per heavy atom. The maximum Gasteiger partial charge on any atom is 0.306 e. The van der Waals surface area contributed by atoms with Crippen molar-refractivity contribution < 1.29 is 69.0 Å². The standard InChI is InChI=1S/C52H94O14/c1-3-5-7-9-11-13-15-17-18-19-20-21-22-23-24-26-28-30-32-34-36-61-38-41(64-44(54)35-33-31-29-27-25-16-14-12-10-8-6-4-2)39-62-51-50(60)48(58)46(56)43(66-51)40-63-52-49(59)47(57)45(55)42(37-53)65-52/h11-14,17-18,41-43,45-53,55-60H,3-10,15-16,19-40H2,1-2H3/b13-11-,14-12-,18-17-. The molecular weight excluding hydrogens is 849 g/mol. The summed E-state index contributed by atoms with van der Waals surface area (Å²) in [6.07, 6.45) is 27.8. The van der Waals surface area contributed by atoms with Crippen LogP contribution in [-0.4, -0.2) is 142 Å². The molecule has 0 radical (unpaired) electrons. The van der Waals surface area contributed by atoms with Crippen molar-refractivity contribution in [3.63, 3.8) is 0 Å². The smallest absolute Gasteiger partial charge is 0.306 e. The molecule has 11 unspecified atom stereocenters. The first kappa shape index (κ1) is 60.3. The molecule has 2 heterocycles. The minimum absolute atomic E-state index is 0.0569. The summed E-state index contributed by atoms with van der Waals surface area (Å²) in [4.78, 5) is 13.0. The fourth-order valence-electron chi connectivity index (χ4n) is 8.07. The Morgan fingerprint density at radius 3 is 1.47 bits per heavy atom. The quantitative estimate of drug-likeness (QED) is 0.0177. The van der Waals surface area contributed by atoms with Gasteiger partial charge < -0.3 is 64.2 Å². The number of hydrogen-bond donors (Lipinski definition) is 7. The van der Waals surface area contributed by atoms with Gasteiger partial charge in [-0.2, -0.15) is 0 Å². The lowest BCUT2D eigenvalue weighted by Crippen LogP contribution is -2.61. The van der Waals surface area contributed by atoms with Crippen molar-refractivity contribution >= 4 is 5.97 Å². The van der Waals surface area contributed by atoms with E-state index in [-0.39, 0.29) is 25.6 Å². The van der Waals surface area contributed by atoms with E-state index in [1.807, 2.05) is 0 Å². The van der Waals surface area contributed by atoms with Crippen molar-refractivity contribution in [3.8, 4) is 0 Å². The van der Waals surface area contributed by atoms with Gasteiger partial charge >= 0.3 is 5.97 Å². The average Bonchev–Trinajstić information content (AvgIpc) is 3.31. The van der Waals surface area contributed by atoms with Crippen LogP contribution in [0.4, 0.5) is 0 Å². The summed E-state index contributed by atoms with van der Waals surface area (Å²) in [5, 5.41) is 72.1. The lowest BCUT2D eigenvalue weighted by atomic mass is 9.98. The molecule has 0 amide bonds. The van der Waals surface area contributed by atoms with Gasteiger partial charge in [-0.25, -0.2) is 0 Å². The SMILES string of the molecule is CCCCC/C=C\C/C=C\CCCCCCCCCCCCOCC(COC1OC(COC2OC(CO)C(O)C(O)C2O)C(O)C(O)C1O)OC(=O)CCCCCCC/C=C\CCCCC. The Morgan fingerprint density at radius 1 is 0.500 bits per heavy atom. The highest BCUT2D eigenvalue weighted by atomic mass is 16.7. The zero-order chi connectivity index (χ0) is 48.0. The minimum Gasteiger partial charge on any atom is -0.457 e. The highest BCUT2D eigenvalue weighted by Gasteiger charge is 2.47. The normalized spacial score (nSPS) is 26.6. The van der Waals surface area contributed by atoms with E-state index in [0.29, 0.717) is 13.0 Å². The van der Waals surface area contributed by atoms with Gasteiger partial charge in [0.2, 0.25) is 0 Å². The number of hydrogen-bond acceptors (Lipinski definition) is 14. The first-order valence-corrected chi connectivity index (χ1v) is 26.1. The van der Waals surface area contributed by atoms with Crippen molar-refractivity contribution in [2.24, 2.45) is 0 Å². The fourth-order valence-corrected chi connectivity index (χ4v) is 8.07. The number of ether oxygens (including phenoxy) is 6. The van der Waals surface area contributed by atoms with Crippen molar-refractivity contribution in [1.29, 1.82) is 0 Å². The Hall–Kier alpha value is -1.79. The molecule has 0 aromatic carbocycles. The Kier molecular flexibility index (Phi) is 36.6. The molecule has 2 fully saturated rings. The van der Waals surface area contributed by atoms with Gasteiger partial charge in [0, 0.05) is 13.0 Å². The average molecular weight is 943 g/mol. The minimum atomic E-state index is -1.71. The van der Waals surface area contributed by atoms with Crippen molar-refractivity contribution in [2.75, 3.05) is 33.0 Å². The maximum absolute atomic E-state index is 13.0. The number of rotatable bonds is 41. The summed E-state index contributed by atoms with van der Waals surface area (Å²) in [5.74, 6) is -0.387. The van der Waals surface area contributed by atoms with Crippen LogP contribution < -0.4 is 0 Å². The highest BCUT2D eigenvalue weighted by Crippen LogP contribution is 2.26. The van der Waals surface area contributed by atoms with E-state index in [4.69, 9.17) is 28.4 Å². The monoisotopic (exact) mass is 943 g/mol. The third kappa shape index (κ3) is 27.4. The topological polar surface area (TPSA) is 214 Å². The first-order chi connectivity index (χ1) is 32.1. The van der Waals surface area contributed by atoms with Crippen LogP contribution in [0.3, 0.4) is 0 Å². The molecule has 2 aliphatic rings. The molecule has 14 nitrogen and oxygen atoms in total. The number of esters is 1. The van der Waals surface area contributed by atoms with E-state index >= 15 is 0 Å². The van der Waals surface area contributed by atoms with Crippen molar-refractivity contribution in [2.45, 2.75) is 255 Å². The van der Waals surface area contributed by atoms with Crippen LogP contribution in [-0.2, 0) is 33.2 Å². The van der Waals surface area contributed by atoms with Crippen LogP contribution in [0, 0.1) is 0 Å². The number of unbranched alkanes of at least 4 members (excludes halogenated alkanes) is 21. The van der Waals surface area contributed by atoms with E-state index in [2.05, 4.69) is 50.3 Å². The summed E-state index contributed by atoms with van der Waals surface area (Å²) < 4.78 is 34.3. The molecule has 386 valence electrons. The summed E-state index contributed by atoms with van der Waals surface area (Å²) in [6, 6.07) is 0. The van der Waals surface area contributed by atoms with Crippen LogP contribution in [0.2, 0.25) is 0 Å². The number of allylic oxidation sites excluding steroid dienone is 6. The zero-order valence-corrected chi connectivity index (χ0v) is 40.9. The van der Waals surface area contributed by atoms with E-state index in [1.54, 1.807) is 0 Å². The molecule has 2 aliphatic heterocycles. The van der Waals surface area contributed by atoms with Gasteiger partial charge in [-0.05, 0) is 70.6 Å². The van der Waals surface area contributed by atoms with Gasteiger partial charge in [0.1, 0.15) is 54.9 Å². The first-order valence-electron chi connectivity index (χ1n) is 26.1. The second kappa shape index (κ2) is 40.0. The lowest BCUT2D eigenvalue weighted by Gasteiger charge is -2.42. The molecule has 2 rings (SSSR count). The van der Waals surface area contributed by atoms with E-state index in [1.165, 1.54) is 96.3 Å². The molecule has 7 N–H and O–H groups in total. The van der Waals surface area contributed by atoms with Crippen LogP contribution in [0.5, 0.6) is 0 Å². The third-order valence-electron chi connectivity index (χ3n) is 12.4. The number of carbonyl (C=O) groups is 1. The highest BCUT2D eigenvalue weighted by molar-refractivity contribution is 5.69. The van der Waals surface area contributed by atoms with Crippen molar-refractivity contribution in [1.82, 2.24) is 0 Å². The predicted molar refractivity (Wildman–Crippen MR) is 256 cm³/mol. The summed E-state index contributed by atoms with van der Waals surface area (Å²) in [6.45, 7) is 3.62. The number of aliphatic hydroxyl groups excluding tert-OH is 7. The summed E-state index contributed by atoms with van der Waals surface area (Å²) >= 11 is 0. The van der Waals surface area contributed by atoms with Gasteiger partial charge in [-0.1, -0.05) is 147 Å². The molecule has 11 atom stereocenters. The second-order valence-electron chi connectivity index (χ2n) is 18.3. The van der Waals surface area contributed by atoms with Crippen LogP contribution in [0.15, 0.2) is 36.5 Å². The summed E-state index contributed by atoms with van der Waals surface area (Å²) in [7, 11) is 0. The molecule has 0 aromatic rings. The van der Waals surface area contributed by atoms with E-state index in [9.17, 15) is 40.5 Å². The lowest BCUT2D eigenvalue weighted by molar-refractivity contribution is -0.332. The van der Waals surface area contributed by atoms with Gasteiger partial charge in [-0.3, -0.25) is 4.79 Å². The van der Waals surface area contributed by atoms with Gasteiger partial charge in [0.05, 0.1) is 26.4 Å². The Bertz CT molecular complexity index is 1230. The molecule has 14 heteroatoms. The van der Waals surface area contributed by atoms with Gasteiger partial charge in [-0.15, -0.1) is 0 Å². The Balaban J connectivity index is 1.74.